The molecule has 3 aromatic carbocycles. The highest BCUT2D eigenvalue weighted by atomic mass is 32.1. The summed E-state index contributed by atoms with van der Waals surface area (Å²) in [4.78, 5) is 29.3. The number of ether oxygens (including phenoxy) is 1. The zero-order chi connectivity index (χ0) is 30.9. The maximum Gasteiger partial charge on any atom is 0.261 e. The van der Waals surface area contributed by atoms with Crippen LogP contribution in [0.5, 0.6) is 0 Å². The third kappa shape index (κ3) is 5.70. The van der Waals surface area contributed by atoms with E-state index >= 15 is 4.39 Å². The Kier molecular flexibility index (Phi) is 7.61. The molecule has 45 heavy (non-hydrogen) atoms. The number of rotatable bonds is 7. The Morgan fingerprint density at radius 2 is 1.69 bits per heavy atom. The molecule has 7 rings (SSSR count). The highest BCUT2D eigenvalue weighted by Crippen LogP contribution is 2.35. The summed E-state index contributed by atoms with van der Waals surface area (Å²) < 4.78 is 50.7. The Hall–Kier alpha value is -5.27. The largest absolute Gasteiger partial charge is 0.378 e. The molecule has 0 saturated carbocycles. The van der Waals surface area contributed by atoms with Crippen molar-refractivity contribution in [2.45, 2.75) is 0 Å². The first-order valence-corrected chi connectivity index (χ1v) is 14.9. The number of amides is 1. The Morgan fingerprint density at radius 1 is 0.889 bits per heavy atom. The van der Waals surface area contributed by atoms with Gasteiger partial charge in [0.05, 0.1) is 30.3 Å². The number of hydrogen-bond donors (Lipinski definition) is 2. The van der Waals surface area contributed by atoms with E-state index in [1.807, 2.05) is 26.9 Å². The molecule has 6 aromatic rings. The van der Waals surface area contributed by atoms with Crippen LogP contribution < -0.4 is 15.5 Å². The number of carbonyl (C=O) groups is 1. The van der Waals surface area contributed by atoms with Crippen LogP contribution in [-0.4, -0.2) is 51.6 Å². The molecule has 9 nitrogen and oxygen atoms in total. The summed E-state index contributed by atoms with van der Waals surface area (Å²) in [6.45, 7) is 2.36. The highest BCUT2D eigenvalue weighted by molar-refractivity contribution is 7.15. The highest BCUT2D eigenvalue weighted by Gasteiger charge is 2.21. The van der Waals surface area contributed by atoms with Crippen LogP contribution in [0.3, 0.4) is 0 Å². The van der Waals surface area contributed by atoms with E-state index in [2.05, 4.69) is 15.6 Å². The number of nitrogens with zero attached hydrogens (tertiary/aromatic N) is 5. The Balaban J connectivity index is 1.19. The molecule has 0 spiro atoms. The number of morpholine rings is 1. The van der Waals surface area contributed by atoms with E-state index in [1.54, 1.807) is 42.6 Å². The quantitative estimate of drug-likeness (QED) is 0.202. The molecule has 0 aliphatic carbocycles. The Morgan fingerprint density at radius 3 is 2.49 bits per heavy atom. The first-order chi connectivity index (χ1) is 21.9. The molecule has 1 aliphatic heterocycles. The molecule has 0 unspecified atom stereocenters. The van der Waals surface area contributed by atoms with E-state index in [9.17, 15) is 13.6 Å². The van der Waals surface area contributed by atoms with Gasteiger partial charge >= 0.3 is 0 Å². The molecule has 1 saturated heterocycles. The average Bonchev–Trinajstić information content (AvgIpc) is 3.64. The molecule has 0 atom stereocenters. The van der Waals surface area contributed by atoms with Gasteiger partial charge in [-0.05, 0) is 48.5 Å². The summed E-state index contributed by atoms with van der Waals surface area (Å²) in [6, 6.07) is 16.7. The van der Waals surface area contributed by atoms with Crippen LogP contribution in [0.2, 0.25) is 0 Å². The van der Waals surface area contributed by atoms with E-state index in [0.29, 0.717) is 71.0 Å². The van der Waals surface area contributed by atoms with Gasteiger partial charge in [0, 0.05) is 47.8 Å². The van der Waals surface area contributed by atoms with Gasteiger partial charge in [-0.25, -0.2) is 28.1 Å². The molecular formula is C32H24F3N7O2S. The van der Waals surface area contributed by atoms with Crippen molar-refractivity contribution in [1.82, 2.24) is 19.4 Å². The van der Waals surface area contributed by atoms with Crippen LogP contribution in [0.1, 0.15) is 10.4 Å². The van der Waals surface area contributed by atoms with Crippen molar-refractivity contribution in [3.8, 4) is 22.6 Å². The van der Waals surface area contributed by atoms with Gasteiger partial charge in [0.2, 0.25) is 5.95 Å². The van der Waals surface area contributed by atoms with Crippen molar-refractivity contribution >= 4 is 45.2 Å². The van der Waals surface area contributed by atoms with Crippen molar-refractivity contribution in [3.63, 3.8) is 0 Å². The number of fused-ring (bicyclic) bond motifs is 1. The number of imidazole rings is 1. The number of halogens is 3. The first kappa shape index (κ1) is 28.5. The predicted octanol–water partition coefficient (Wildman–Crippen LogP) is 6.77. The van der Waals surface area contributed by atoms with Gasteiger partial charge in [-0.3, -0.25) is 9.20 Å². The topological polar surface area (TPSA) is 96.7 Å². The van der Waals surface area contributed by atoms with Gasteiger partial charge in [0.25, 0.3) is 5.91 Å². The average molecular weight is 628 g/mol. The minimum absolute atomic E-state index is 0.259. The summed E-state index contributed by atoms with van der Waals surface area (Å²) in [5, 5.41) is 7.57. The summed E-state index contributed by atoms with van der Waals surface area (Å²) in [6.07, 6.45) is 3.46. The zero-order valence-corrected chi connectivity index (χ0v) is 24.3. The SMILES string of the molecule is O=C(Nc1cccc(-c2nc3sccn3c2-c2ccnc(Nc3ccc(N4CCOCC4)c(F)c3)n2)c1)c1c(F)cccc1F. The second kappa shape index (κ2) is 12.0. The van der Waals surface area contributed by atoms with E-state index in [0.717, 1.165) is 12.1 Å². The van der Waals surface area contributed by atoms with Gasteiger partial charge < -0.3 is 20.3 Å². The van der Waals surface area contributed by atoms with Gasteiger partial charge in [-0.1, -0.05) is 18.2 Å². The maximum absolute atomic E-state index is 15.0. The number of carbonyl (C=O) groups excluding carboxylic acids is 1. The van der Waals surface area contributed by atoms with Crippen LogP contribution in [0.15, 0.2) is 84.5 Å². The van der Waals surface area contributed by atoms with Crippen molar-refractivity contribution < 1.29 is 22.7 Å². The Bertz CT molecular complexity index is 2020. The van der Waals surface area contributed by atoms with Crippen LogP contribution in [0, 0.1) is 17.5 Å². The lowest BCUT2D eigenvalue weighted by atomic mass is 10.1. The fourth-order valence-electron chi connectivity index (χ4n) is 5.21. The van der Waals surface area contributed by atoms with Crippen molar-refractivity contribution in [2.24, 2.45) is 0 Å². The van der Waals surface area contributed by atoms with Gasteiger partial charge in [0.15, 0.2) is 4.96 Å². The minimum Gasteiger partial charge on any atom is -0.378 e. The smallest absolute Gasteiger partial charge is 0.261 e. The second-order valence-electron chi connectivity index (χ2n) is 10.2. The summed E-state index contributed by atoms with van der Waals surface area (Å²) in [7, 11) is 0. The van der Waals surface area contributed by atoms with Crippen LogP contribution in [0.25, 0.3) is 27.6 Å². The molecule has 1 amide bonds. The van der Waals surface area contributed by atoms with Gasteiger partial charge in [0.1, 0.15) is 28.7 Å². The lowest BCUT2D eigenvalue weighted by Crippen LogP contribution is -2.36. The van der Waals surface area contributed by atoms with Crippen LogP contribution in [-0.2, 0) is 4.74 Å². The standard InChI is InChI=1S/C32H24F3N7O2S/c33-22-5-2-6-23(34)27(22)30(43)37-20-4-1-3-19(17-20)28-29(42-13-16-45-32(42)40-28)25-9-10-36-31(39-25)38-21-7-8-26(24(35)18-21)41-11-14-44-15-12-41/h1-10,13,16-18H,11-12,14-15H2,(H,37,43)(H,36,38,39). The monoisotopic (exact) mass is 627 g/mol. The first-order valence-electron chi connectivity index (χ1n) is 14.0. The molecule has 226 valence electrons. The van der Waals surface area contributed by atoms with Gasteiger partial charge in [-0.2, -0.15) is 0 Å². The molecule has 13 heteroatoms. The normalized spacial score (nSPS) is 13.3. The number of aromatic nitrogens is 4. The number of anilines is 4. The van der Waals surface area contributed by atoms with Crippen molar-refractivity contribution in [3.05, 3.63) is 108 Å². The number of thiazole rings is 1. The molecule has 1 fully saturated rings. The number of hydrogen-bond acceptors (Lipinski definition) is 8. The fourth-order valence-corrected chi connectivity index (χ4v) is 5.92. The van der Waals surface area contributed by atoms with Crippen molar-refractivity contribution in [2.75, 3.05) is 41.8 Å². The molecule has 1 aliphatic rings. The molecule has 3 aromatic heterocycles. The lowest BCUT2D eigenvalue weighted by Gasteiger charge is -2.29. The third-order valence-corrected chi connectivity index (χ3v) is 8.06. The van der Waals surface area contributed by atoms with E-state index in [4.69, 9.17) is 14.7 Å². The number of nitrogens with one attached hydrogen (secondary N) is 2. The van der Waals surface area contributed by atoms with Crippen LogP contribution >= 0.6 is 11.3 Å². The summed E-state index contributed by atoms with van der Waals surface area (Å²) >= 11 is 1.43. The molecule has 2 N–H and O–H groups in total. The fraction of sp³-hybridized carbons (Fsp3) is 0.125. The molecule has 0 radical (unpaired) electrons. The maximum atomic E-state index is 15.0. The molecular weight excluding hydrogens is 603 g/mol. The summed E-state index contributed by atoms with van der Waals surface area (Å²) in [5.74, 6) is -2.92. The van der Waals surface area contributed by atoms with Crippen LogP contribution in [0.4, 0.5) is 36.2 Å². The minimum atomic E-state index is -0.954. The van der Waals surface area contributed by atoms with E-state index in [-0.39, 0.29) is 11.8 Å². The zero-order valence-electron chi connectivity index (χ0n) is 23.5. The third-order valence-electron chi connectivity index (χ3n) is 7.30. The van der Waals surface area contributed by atoms with E-state index < -0.39 is 23.1 Å². The van der Waals surface area contributed by atoms with E-state index in [1.165, 1.54) is 23.5 Å². The summed E-state index contributed by atoms with van der Waals surface area (Å²) in [5.41, 5.74) is 3.08. The van der Waals surface area contributed by atoms with Gasteiger partial charge in [-0.15, -0.1) is 11.3 Å². The molecule has 4 heterocycles. The number of benzene rings is 3. The second-order valence-corrected chi connectivity index (χ2v) is 11.0. The van der Waals surface area contributed by atoms with Crippen molar-refractivity contribution in [1.29, 1.82) is 0 Å². The Labute approximate surface area is 259 Å². The molecule has 0 bridgehead atoms. The lowest BCUT2D eigenvalue weighted by molar-refractivity contribution is 0.101. The predicted molar refractivity (Wildman–Crippen MR) is 167 cm³/mol.